The highest BCUT2D eigenvalue weighted by Gasteiger charge is 2.15. The van der Waals surface area contributed by atoms with Crippen LogP contribution in [0.3, 0.4) is 0 Å². The lowest BCUT2D eigenvalue weighted by atomic mass is 10.0. The van der Waals surface area contributed by atoms with Crippen LogP contribution in [0.1, 0.15) is 27.7 Å². The molecule has 106 valence electrons. The zero-order valence-electron chi connectivity index (χ0n) is 11.5. The zero-order valence-corrected chi connectivity index (χ0v) is 13.1. The highest BCUT2D eigenvalue weighted by molar-refractivity contribution is 7.16. The molecule has 0 aliphatic rings. The fourth-order valence-electron chi connectivity index (χ4n) is 2.02. The third-order valence-corrected chi connectivity index (χ3v) is 4.31. The van der Waals surface area contributed by atoms with Gasteiger partial charge in [0.2, 0.25) is 0 Å². The molecule has 1 aromatic heterocycles. The second-order valence-electron chi connectivity index (χ2n) is 4.74. The van der Waals surface area contributed by atoms with Crippen LogP contribution in [0.5, 0.6) is 0 Å². The number of aryl methyl sites for hydroxylation is 1. The summed E-state index contributed by atoms with van der Waals surface area (Å²) in [4.78, 5) is 14.7. The van der Waals surface area contributed by atoms with Crippen LogP contribution in [0.15, 0.2) is 24.3 Å². The van der Waals surface area contributed by atoms with Gasteiger partial charge >= 0.3 is 0 Å². The van der Waals surface area contributed by atoms with Crippen molar-refractivity contribution >= 4 is 34.4 Å². The van der Waals surface area contributed by atoms with Crippen molar-refractivity contribution in [3.63, 3.8) is 0 Å². The van der Waals surface area contributed by atoms with Crippen molar-refractivity contribution in [1.82, 2.24) is 0 Å². The summed E-state index contributed by atoms with van der Waals surface area (Å²) >= 11 is 7.41. The summed E-state index contributed by atoms with van der Waals surface area (Å²) in [5.41, 5.74) is 1.67. The molecular weight excluding hydrogens is 297 g/mol. The Morgan fingerprint density at radius 2 is 2.10 bits per heavy atom. The van der Waals surface area contributed by atoms with Crippen LogP contribution in [0.2, 0.25) is 4.34 Å². The van der Waals surface area contributed by atoms with E-state index in [9.17, 15) is 9.18 Å². The van der Waals surface area contributed by atoms with Gasteiger partial charge in [0.15, 0.2) is 5.78 Å². The second-order valence-corrected chi connectivity index (χ2v) is 6.54. The number of ketones is 1. The smallest absolute Gasteiger partial charge is 0.161 e. The largest absolute Gasteiger partial charge is 0.369 e. The third kappa shape index (κ3) is 3.19. The number of hydrogen-bond donors (Lipinski definition) is 0. The quantitative estimate of drug-likeness (QED) is 0.764. The van der Waals surface area contributed by atoms with E-state index >= 15 is 0 Å². The number of benzene rings is 1. The average molecular weight is 312 g/mol. The Kier molecular flexibility index (Phi) is 4.45. The first-order valence-electron chi connectivity index (χ1n) is 6.15. The van der Waals surface area contributed by atoms with E-state index in [1.165, 1.54) is 24.3 Å². The van der Waals surface area contributed by atoms with Gasteiger partial charge < -0.3 is 4.90 Å². The van der Waals surface area contributed by atoms with Gasteiger partial charge in [-0.1, -0.05) is 11.6 Å². The van der Waals surface area contributed by atoms with Gasteiger partial charge in [0.1, 0.15) is 5.82 Å². The Balaban J connectivity index is 2.35. The number of halogens is 2. The van der Waals surface area contributed by atoms with Crippen LogP contribution >= 0.6 is 22.9 Å². The van der Waals surface area contributed by atoms with Crippen molar-refractivity contribution in [2.45, 2.75) is 20.4 Å². The Labute approximate surface area is 126 Å². The number of carbonyl (C=O) groups excluding carboxylic acids is 1. The molecule has 2 nitrogen and oxygen atoms in total. The first kappa shape index (κ1) is 15.0. The maximum absolute atomic E-state index is 13.6. The summed E-state index contributed by atoms with van der Waals surface area (Å²) in [5, 5.41) is 0. The molecule has 0 saturated heterocycles. The van der Waals surface area contributed by atoms with Crippen molar-refractivity contribution < 1.29 is 9.18 Å². The predicted octanol–water partition coefficient (Wildman–Crippen LogP) is 4.69. The van der Waals surface area contributed by atoms with E-state index in [-0.39, 0.29) is 11.6 Å². The molecule has 0 aliphatic carbocycles. The molecule has 1 aromatic carbocycles. The van der Waals surface area contributed by atoms with Crippen LogP contribution in [0.25, 0.3) is 0 Å². The molecule has 0 spiro atoms. The van der Waals surface area contributed by atoms with Gasteiger partial charge in [0, 0.05) is 23.2 Å². The van der Waals surface area contributed by atoms with Crippen molar-refractivity contribution in [2.75, 3.05) is 11.9 Å². The van der Waals surface area contributed by atoms with Gasteiger partial charge in [-0.3, -0.25) is 4.79 Å². The SMILES string of the molecule is CC(=O)c1cc(F)c(C)cc1N(C)Cc1ccc(Cl)s1. The summed E-state index contributed by atoms with van der Waals surface area (Å²) in [5.74, 6) is -0.499. The van der Waals surface area contributed by atoms with E-state index in [0.29, 0.717) is 17.7 Å². The highest BCUT2D eigenvalue weighted by Crippen LogP contribution is 2.28. The summed E-state index contributed by atoms with van der Waals surface area (Å²) < 4.78 is 14.4. The maximum Gasteiger partial charge on any atom is 0.161 e. The lowest BCUT2D eigenvalue weighted by Gasteiger charge is -2.22. The standard InChI is InChI=1S/C15H15ClFNOS/c1-9-6-14(12(10(2)19)7-13(9)17)18(3)8-11-4-5-15(16)20-11/h4-7H,8H2,1-3H3. The number of rotatable bonds is 4. The van der Waals surface area contributed by atoms with Crippen molar-refractivity contribution in [1.29, 1.82) is 0 Å². The zero-order chi connectivity index (χ0) is 14.9. The lowest BCUT2D eigenvalue weighted by Crippen LogP contribution is -2.19. The highest BCUT2D eigenvalue weighted by atomic mass is 35.5. The second kappa shape index (κ2) is 5.94. The fourth-order valence-corrected chi connectivity index (χ4v) is 3.16. The average Bonchev–Trinajstić information content (AvgIpc) is 2.77. The number of nitrogens with zero attached hydrogens (tertiary/aromatic N) is 1. The molecule has 0 aliphatic heterocycles. The molecule has 0 unspecified atom stereocenters. The minimum Gasteiger partial charge on any atom is -0.369 e. The van der Waals surface area contributed by atoms with E-state index in [2.05, 4.69) is 0 Å². The van der Waals surface area contributed by atoms with E-state index in [1.807, 2.05) is 24.1 Å². The molecule has 0 saturated carbocycles. The van der Waals surface area contributed by atoms with E-state index in [0.717, 1.165) is 14.9 Å². The third-order valence-electron chi connectivity index (χ3n) is 3.09. The van der Waals surface area contributed by atoms with Crippen molar-refractivity contribution in [2.24, 2.45) is 0 Å². The van der Waals surface area contributed by atoms with Crippen LogP contribution < -0.4 is 4.90 Å². The lowest BCUT2D eigenvalue weighted by molar-refractivity contribution is 0.101. The molecule has 0 fully saturated rings. The van der Waals surface area contributed by atoms with Gasteiger partial charge in [-0.2, -0.15) is 0 Å². The summed E-state index contributed by atoms with van der Waals surface area (Å²) in [7, 11) is 1.88. The Bertz CT molecular complexity index is 653. The van der Waals surface area contributed by atoms with E-state index < -0.39 is 0 Å². The molecule has 2 rings (SSSR count). The first-order valence-corrected chi connectivity index (χ1v) is 7.34. The summed E-state index contributed by atoms with van der Waals surface area (Å²) in [6.45, 7) is 3.77. The van der Waals surface area contributed by atoms with Gasteiger partial charge in [-0.25, -0.2) is 4.39 Å². The van der Waals surface area contributed by atoms with Crippen LogP contribution in [-0.2, 0) is 6.54 Å². The number of carbonyl (C=O) groups is 1. The van der Waals surface area contributed by atoms with Crippen molar-refractivity contribution in [3.05, 3.63) is 50.4 Å². The molecule has 0 radical (unpaired) electrons. The van der Waals surface area contributed by atoms with Gasteiger partial charge in [0.25, 0.3) is 0 Å². The normalized spacial score (nSPS) is 10.7. The Morgan fingerprint density at radius 3 is 2.65 bits per heavy atom. The number of anilines is 1. The molecule has 1 heterocycles. The molecule has 2 aromatic rings. The Morgan fingerprint density at radius 1 is 1.40 bits per heavy atom. The topological polar surface area (TPSA) is 20.3 Å². The first-order chi connectivity index (χ1) is 9.38. The number of hydrogen-bond acceptors (Lipinski definition) is 3. The Hall–Kier alpha value is -1.39. The minimum atomic E-state index is -0.355. The molecule has 0 atom stereocenters. The molecule has 0 amide bonds. The van der Waals surface area contributed by atoms with Crippen molar-refractivity contribution in [3.8, 4) is 0 Å². The number of Topliss-reactive ketones (excluding diaryl/α,β-unsaturated/α-hetero) is 1. The maximum atomic E-state index is 13.6. The van der Waals surface area contributed by atoms with Gasteiger partial charge in [-0.15, -0.1) is 11.3 Å². The van der Waals surface area contributed by atoms with Crippen LogP contribution in [0, 0.1) is 12.7 Å². The summed E-state index contributed by atoms with van der Waals surface area (Å²) in [6, 6.07) is 6.82. The molecule has 5 heteroatoms. The van der Waals surface area contributed by atoms with Gasteiger partial charge in [0.05, 0.1) is 10.9 Å². The predicted molar refractivity (Wildman–Crippen MR) is 82.6 cm³/mol. The van der Waals surface area contributed by atoms with Crippen LogP contribution in [0.4, 0.5) is 10.1 Å². The monoisotopic (exact) mass is 311 g/mol. The summed E-state index contributed by atoms with van der Waals surface area (Å²) in [6.07, 6.45) is 0. The molecule has 0 N–H and O–H groups in total. The van der Waals surface area contributed by atoms with E-state index in [1.54, 1.807) is 13.0 Å². The number of thiophene rings is 1. The molecule has 20 heavy (non-hydrogen) atoms. The molecule has 0 bridgehead atoms. The minimum absolute atomic E-state index is 0.144. The van der Waals surface area contributed by atoms with Gasteiger partial charge in [-0.05, 0) is 43.7 Å². The molecular formula is C15H15ClFNOS. The van der Waals surface area contributed by atoms with E-state index in [4.69, 9.17) is 11.6 Å². The van der Waals surface area contributed by atoms with Crippen LogP contribution in [-0.4, -0.2) is 12.8 Å². The fraction of sp³-hybridized carbons (Fsp3) is 0.267.